The molecule has 5 heteroatoms. The molecule has 0 aliphatic heterocycles. The summed E-state index contributed by atoms with van der Waals surface area (Å²) < 4.78 is 9.82. The average Bonchev–Trinajstić information content (AvgIpc) is 2.37. The third-order valence-electron chi connectivity index (χ3n) is 2.78. The Balaban J connectivity index is 3.00. The summed E-state index contributed by atoms with van der Waals surface area (Å²) >= 11 is 5.96. The molecule has 1 N–H and O–H groups in total. The summed E-state index contributed by atoms with van der Waals surface area (Å²) in [5.41, 5.74) is -0.170. The van der Waals surface area contributed by atoms with Gasteiger partial charge in [-0.2, -0.15) is 0 Å². The zero-order chi connectivity index (χ0) is 13.6. The number of hydrogen-bond donors (Lipinski definition) is 1. The molecule has 1 rings (SSSR count). The summed E-state index contributed by atoms with van der Waals surface area (Å²) in [5, 5.41) is 3.71. The van der Waals surface area contributed by atoms with Gasteiger partial charge in [-0.05, 0) is 24.6 Å². The molecule has 0 saturated heterocycles. The Morgan fingerprint density at radius 3 is 2.72 bits per heavy atom. The maximum absolute atomic E-state index is 12.0. The van der Waals surface area contributed by atoms with E-state index in [0.717, 1.165) is 5.56 Å². The minimum atomic E-state index is -0.932. The molecule has 0 heterocycles. The van der Waals surface area contributed by atoms with Crippen molar-refractivity contribution in [2.24, 2.45) is 0 Å². The van der Waals surface area contributed by atoms with Gasteiger partial charge in [0.25, 0.3) is 0 Å². The van der Waals surface area contributed by atoms with Crippen LogP contribution in [0.3, 0.4) is 0 Å². The number of rotatable bonds is 6. The Morgan fingerprint density at radius 2 is 2.17 bits per heavy atom. The van der Waals surface area contributed by atoms with Crippen LogP contribution in [-0.2, 0) is 19.8 Å². The molecule has 4 nitrogen and oxygen atoms in total. The monoisotopic (exact) mass is 271 g/mol. The fourth-order valence-electron chi connectivity index (χ4n) is 1.70. The van der Waals surface area contributed by atoms with Crippen molar-refractivity contribution in [2.75, 3.05) is 27.4 Å². The van der Waals surface area contributed by atoms with Crippen LogP contribution in [0.25, 0.3) is 0 Å². The number of esters is 1. The van der Waals surface area contributed by atoms with Crippen molar-refractivity contribution in [3.8, 4) is 0 Å². The van der Waals surface area contributed by atoms with E-state index in [9.17, 15) is 4.79 Å². The predicted molar refractivity (Wildman–Crippen MR) is 70.7 cm³/mol. The van der Waals surface area contributed by atoms with Crippen LogP contribution in [0.4, 0.5) is 0 Å². The van der Waals surface area contributed by atoms with Crippen molar-refractivity contribution in [3.05, 3.63) is 34.9 Å². The molecule has 1 aromatic rings. The Morgan fingerprint density at radius 1 is 1.44 bits per heavy atom. The van der Waals surface area contributed by atoms with Gasteiger partial charge in [-0.25, -0.2) is 4.79 Å². The van der Waals surface area contributed by atoms with Crippen LogP contribution in [0.15, 0.2) is 24.3 Å². The van der Waals surface area contributed by atoms with E-state index in [0.29, 0.717) is 18.2 Å². The Hall–Kier alpha value is -1.10. The van der Waals surface area contributed by atoms with Gasteiger partial charge in [-0.3, -0.25) is 5.32 Å². The van der Waals surface area contributed by atoms with Crippen LogP contribution in [0.2, 0.25) is 5.02 Å². The number of hydrogen-bond acceptors (Lipinski definition) is 4. The molecule has 0 spiro atoms. The zero-order valence-electron chi connectivity index (χ0n) is 10.8. The number of ether oxygens (including phenoxy) is 2. The second-order valence-electron chi connectivity index (χ2n) is 4.05. The highest BCUT2D eigenvalue weighted by Crippen LogP contribution is 2.24. The van der Waals surface area contributed by atoms with Gasteiger partial charge < -0.3 is 9.47 Å². The third kappa shape index (κ3) is 3.45. The lowest BCUT2D eigenvalue weighted by molar-refractivity contribution is -0.148. The maximum Gasteiger partial charge on any atom is 0.330 e. The molecule has 0 amide bonds. The van der Waals surface area contributed by atoms with Crippen LogP contribution in [-0.4, -0.2) is 33.3 Å². The quantitative estimate of drug-likeness (QED) is 0.635. The minimum Gasteiger partial charge on any atom is -0.467 e. The van der Waals surface area contributed by atoms with E-state index in [-0.39, 0.29) is 5.97 Å². The van der Waals surface area contributed by atoms with Crippen LogP contribution >= 0.6 is 11.6 Å². The van der Waals surface area contributed by atoms with Crippen LogP contribution in [0.5, 0.6) is 0 Å². The van der Waals surface area contributed by atoms with Gasteiger partial charge in [-0.1, -0.05) is 23.7 Å². The Bertz CT molecular complexity index is 411. The van der Waals surface area contributed by atoms with Crippen molar-refractivity contribution in [1.82, 2.24) is 5.32 Å². The fourth-order valence-corrected chi connectivity index (χ4v) is 1.89. The number of carbonyl (C=O) groups is 1. The lowest BCUT2D eigenvalue weighted by Gasteiger charge is -2.28. The maximum atomic E-state index is 12.0. The number of halogens is 1. The first-order chi connectivity index (χ1) is 8.54. The first-order valence-electron chi connectivity index (χ1n) is 5.63. The molecule has 100 valence electrons. The van der Waals surface area contributed by atoms with E-state index in [4.69, 9.17) is 21.1 Å². The van der Waals surface area contributed by atoms with Crippen LogP contribution in [0.1, 0.15) is 12.5 Å². The van der Waals surface area contributed by atoms with Gasteiger partial charge in [0.05, 0.1) is 13.7 Å². The van der Waals surface area contributed by atoms with Gasteiger partial charge in [0.2, 0.25) is 0 Å². The van der Waals surface area contributed by atoms with Gasteiger partial charge >= 0.3 is 5.97 Å². The summed E-state index contributed by atoms with van der Waals surface area (Å²) in [6, 6.07) is 7.15. The highest BCUT2D eigenvalue weighted by molar-refractivity contribution is 6.30. The lowest BCUT2D eigenvalue weighted by atomic mass is 9.92. The standard InChI is InChI=1S/C13H18ClNO3/c1-13(12(16)18-3,15-7-8-17-2)10-5-4-6-11(14)9-10/h4-6,9,15H,7-8H2,1-3H3. The number of carbonyl (C=O) groups excluding carboxylic acids is 1. The van der Waals surface area contributed by atoms with E-state index in [2.05, 4.69) is 5.32 Å². The van der Waals surface area contributed by atoms with E-state index >= 15 is 0 Å². The van der Waals surface area contributed by atoms with Gasteiger partial charge in [0.1, 0.15) is 5.54 Å². The predicted octanol–water partition coefficient (Wildman–Crippen LogP) is 1.96. The van der Waals surface area contributed by atoms with E-state index in [1.165, 1.54) is 7.11 Å². The van der Waals surface area contributed by atoms with E-state index in [1.54, 1.807) is 32.2 Å². The van der Waals surface area contributed by atoms with Crippen LogP contribution in [0, 0.1) is 0 Å². The molecule has 0 saturated carbocycles. The van der Waals surface area contributed by atoms with E-state index in [1.807, 2.05) is 6.07 Å². The van der Waals surface area contributed by atoms with E-state index < -0.39 is 5.54 Å². The van der Waals surface area contributed by atoms with Gasteiger partial charge in [0.15, 0.2) is 0 Å². The van der Waals surface area contributed by atoms with Crippen molar-refractivity contribution < 1.29 is 14.3 Å². The van der Waals surface area contributed by atoms with Crippen molar-refractivity contribution in [2.45, 2.75) is 12.5 Å². The van der Waals surface area contributed by atoms with Crippen molar-refractivity contribution >= 4 is 17.6 Å². The molecular weight excluding hydrogens is 254 g/mol. The molecular formula is C13H18ClNO3. The Kier molecular flexibility index (Phi) is 5.59. The number of benzene rings is 1. The molecule has 0 radical (unpaired) electrons. The highest BCUT2D eigenvalue weighted by atomic mass is 35.5. The molecule has 1 unspecified atom stereocenters. The van der Waals surface area contributed by atoms with Gasteiger partial charge in [0, 0.05) is 18.7 Å². The third-order valence-corrected chi connectivity index (χ3v) is 3.02. The number of methoxy groups -OCH3 is 2. The summed E-state index contributed by atoms with van der Waals surface area (Å²) in [7, 11) is 2.97. The van der Waals surface area contributed by atoms with Crippen molar-refractivity contribution in [3.63, 3.8) is 0 Å². The second-order valence-corrected chi connectivity index (χ2v) is 4.48. The van der Waals surface area contributed by atoms with Gasteiger partial charge in [-0.15, -0.1) is 0 Å². The second kappa shape index (κ2) is 6.73. The summed E-state index contributed by atoms with van der Waals surface area (Å²) in [4.78, 5) is 12.0. The fraction of sp³-hybridized carbons (Fsp3) is 0.462. The minimum absolute atomic E-state index is 0.360. The molecule has 0 bridgehead atoms. The SMILES string of the molecule is COCCNC(C)(C(=O)OC)c1cccc(Cl)c1. The van der Waals surface area contributed by atoms with Crippen molar-refractivity contribution in [1.29, 1.82) is 0 Å². The topological polar surface area (TPSA) is 47.6 Å². The molecule has 18 heavy (non-hydrogen) atoms. The normalized spacial score (nSPS) is 14.0. The highest BCUT2D eigenvalue weighted by Gasteiger charge is 2.35. The molecule has 0 fully saturated rings. The Labute approximate surface area is 112 Å². The first-order valence-corrected chi connectivity index (χ1v) is 6.01. The smallest absolute Gasteiger partial charge is 0.330 e. The first kappa shape index (κ1) is 15.0. The summed E-state index contributed by atoms with van der Waals surface area (Å²) in [6.45, 7) is 2.81. The zero-order valence-corrected chi connectivity index (χ0v) is 11.6. The summed E-state index contributed by atoms with van der Waals surface area (Å²) in [5.74, 6) is -0.360. The molecule has 1 aromatic carbocycles. The molecule has 0 aliphatic carbocycles. The average molecular weight is 272 g/mol. The summed E-state index contributed by atoms with van der Waals surface area (Å²) in [6.07, 6.45) is 0. The largest absolute Gasteiger partial charge is 0.467 e. The lowest BCUT2D eigenvalue weighted by Crippen LogP contribution is -2.48. The molecule has 0 aromatic heterocycles. The van der Waals surface area contributed by atoms with Crippen LogP contribution < -0.4 is 5.32 Å². The number of nitrogens with one attached hydrogen (secondary N) is 1. The molecule has 0 aliphatic rings. The molecule has 1 atom stereocenters.